The smallest absolute Gasteiger partial charge is 0.260 e. The van der Waals surface area contributed by atoms with Crippen LogP contribution in [0.15, 0.2) is 36.4 Å². The molecule has 1 saturated heterocycles. The number of carbonyl (C=O) groups is 2. The van der Waals surface area contributed by atoms with Crippen molar-refractivity contribution < 1.29 is 14.3 Å². The van der Waals surface area contributed by atoms with E-state index in [2.05, 4.69) is 5.32 Å². The summed E-state index contributed by atoms with van der Waals surface area (Å²) in [4.78, 5) is 26.8. The van der Waals surface area contributed by atoms with Gasteiger partial charge in [0.25, 0.3) is 11.8 Å². The number of likely N-dealkylation sites (tertiary alicyclic amines) is 1. The molecule has 0 radical (unpaired) electrons. The van der Waals surface area contributed by atoms with Crippen LogP contribution in [0, 0.1) is 27.7 Å². The number of ether oxygens (including phenoxy) is 1. The Labute approximate surface area is 173 Å². The fourth-order valence-corrected chi connectivity index (χ4v) is 3.54. The van der Waals surface area contributed by atoms with Gasteiger partial charge in [0.05, 0.1) is 0 Å². The number of piperidine rings is 1. The van der Waals surface area contributed by atoms with Gasteiger partial charge in [-0.15, -0.1) is 0 Å². The van der Waals surface area contributed by atoms with Crippen LogP contribution in [-0.4, -0.2) is 42.5 Å². The van der Waals surface area contributed by atoms with E-state index >= 15 is 0 Å². The minimum absolute atomic E-state index is 0.00941. The van der Waals surface area contributed by atoms with Gasteiger partial charge in [0.15, 0.2) is 6.61 Å². The van der Waals surface area contributed by atoms with Crippen LogP contribution in [0.5, 0.6) is 5.75 Å². The highest BCUT2D eigenvalue weighted by Gasteiger charge is 2.24. The van der Waals surface area contributed by atoms with Gasteiger partial charge in [-0.2, -0.15) is 0 Å². The minimum atomic E-state index is -0.0452. The molecular weight excluding hydrogens is 364 g/mol. The van der Waals surface area contributed by atoms with Crippen molar-refractivity contribution in [2.75, 3.05) is 19.7 Å². The molecule has 0 bridgehead atoms. The van der Waals surface area contributed by atoms with Gasteiger partial charge in [-0.3, -0.25) is 9.59 Å². The van der Waals surface area contributed by atoms with Crippen LogP contribution in [0.2, 0.25) is 0 Å². The SMILES string of the molecule is Cc1ccc(C(=O)NC2CCN(C(=O)COc3cccc(C)c3C)CC2)cc1C. The van der Waals surface area contributed by atoms with Gasteiger partial charge in [0.2, 0.25) is 0 Å². The van der Waals surface area contributed by atoms with Crippen LogP contribution in [0.1, 0.15) is 45.5 Å². The predicted molar refractivity (Wildman–Crippen MR) is 114 cm³/mol. The molecule has 5 heteroatoms. The van der Waals surface area contributed by atoms with E-state index in [1.165, 1.54) is 5.56 Å². The first-order chi connectivity index (χ1) is 13.8. The molecule has 0 saturated carbocycles. The molecule has 0 spiro atoms. The molecule has 0 aliphatic carbocycles. The topological polar surface area (TPSA) is 58.6 Å². The Balaban J connectivity index is 1.47. The second kappa shape index (κ2) is 9.12. The average Bonchev–Trinajstić information content (AvgIpc) is 2.71. The molecule has 2 amide bonds. The summed E-state index contributed by atoms with van der Waals surface area (Å²) in [6, 6.07) is 11.7. The Bertz CT molecular complexity index is 899. The standard InChI is InChI=1S/C24H30N2O3/c1-16-8-9-20(14-18(16)3)24(28)25-21-10-12-26(13-11-21)23(27)15-29-22-7-5-6-17(2)19(22)4/h5-9,14,21H,10-13,15H2,1-4H3,(H,25,28). The van der Waals surface area contributed by atoms with Crippen LogP contribution in [0.4, 0.5) is 0 Å². The number of amides is 2. The van der Waals surface area contributed by atoms with E-state index in [1.54, 1.807) is 0 Å². The molecule has 0 aromatic heterocycles. The van der Waals surface area contributed by atoms with Crippen molar-refractivity contribution in [1.82, 2.24) is 10.2 Å². The van der Waals surface area contributed by atoms with E-state index in [1.807, 2.05) is 69.0 Å². The largest absolute Gasteiger partial charge is 0.483 e. The molecule has 2 aromatic carbocycles. The van der Waals surface area contributed by atoms with Crippen LogP contribution in [0.3, 0.4) is 0 Å². The summed E-state index contributed by atoms with van der Waals surface area (Å²) < 4.78 is 5.74. The van der Waals surface area contributed by atoms with Gasteiger partial charge in [0.1, 0.15) is 5.75 Å². The average molecular weight is 395 g/mol. The molecule has 1 fully saturated rings. The van der Waals surface area contributed by atoms with Crippen LogP contribution in [-0.2, 0) is 4.79 Å². The monoisotopic (exact) mass is 394 g/mol. The van der Waals surface area contributed by atoms with Crippen molar-refractivity contribution in [1.29, 1.82) is 0 Å². The number of benzene rings is 2. The molecule has 0 atom stereocenters. The molecule has 1 aliphatic rings. The molecule has 5 nitrogen and oxygen atoms in total. The van der Waals surface area contributed by atoms with Gasteiger partial charge < -0.3 is 15.0 Å². The highest BCUT2D eigenvalue weighted by molar-refractivity contribution is 5.94. The lowest BCUT2D eigenvalue weighted by molar-refractivity contribution is -0.134. The Morgan fingerprint density at radius 1 is 1.00 bits per heavy atom. The zero-order valence-corrected chi connectivity index (χ0v) is 17.7. The summed E-state index contributed by atoms with van der Waals surface area (Å²) in [6.45, 7) is 9.38. The number of hydrogen-bond donors (Lipinski definition) is 1. The molecular formula is C24H30N2O3. The quantitative estimate of drug-likeness (QED) is 0.841. The van der Waals surface area contributed by atoms with Crippen molar-refractivity contribution in [2.45, 2.75) is 46.6 Å². The van der Waals surface area contributed by atoms with Gasteiger partial charge >= 0.3 is 0 Å². The molecule has 0 unspecified atom stereocenters. The van der Waals surface area contributed by atoms with Gasteiger partial charge in [-0.25, -0.2) is 0 Å². The number of hydrogen-bond acceptors (Lipinski definition) is 3. The summed E-state index contributed by atoms with van der Waals surface area (Å²) in [5.41, 5.74) is 5.19. The molecule has 2 aromatic rings. The zero-order valence-electron chi connectivity index (χ0n) is 17.7. The van der Waals surface area contributed by atoms with Crippen LogP contribution >= 0.6 is 0 Å². The van der Waals surface area contributed by atoms with E-state index in [9.17, 15) is 9.59 Å². The molecule has 1 aliphatic heterocycles. The fourth-order valence-electron chi connectivity index (χ4n) is 3.54. The maximum Gasteiger partial charge on any atom is 0.260 e. The highest BCUT2D eigenvalue weighted by Crippen LogP contribution is 2.21. The molecule has 154 valence electrons. The highest BCUT2D eigenvalue weighted by atomic mass is 16.5. The third-order valence-corrected chi connectivity index (χ3v) is 5.86. The van der Waals surface area contributed by atoms with Crippen LogP contribution in [0.25, 0.3) is 0 Å². The second-order valence-electron chi connectivity index (χ2n) is 7.91. The zero-order chi connectivity index (χ0) is 21.0. The van der Waals surface area contributed by atoms with Gasteiger partial charge in [-0.05, 0) is 81.0 Å². The number of nitrogens with zero attached hydrogens (tertiary/aromatic N) is 1. The Hall–Kier alpha value is -2.82. The van der Waals surface area contributed by atoms with E-state index in [-0.39, 0.29) is 24.5 Å². The molecule has 29 heavy (non-hydrogen) atoms. The third-order valence-electron chi connectivity index (χ3n) is 5.86. The maximum atomic E-state index is 12.5. The van der Waals surface area contributed by atoms with E-state index in [4.69, 9.17) is 4.74 Å². The second-order valence-corrected chi connectivity index (χ2v) is 7.91. The number of rotatable bonds is 5. The van der Waals surface area contributed by atoms with Crippen LogP contribution < -0.4 is 10.1 Å². The Morgan fingerprint density at radius 2 is 1.72 bits per heavy atom. The number of aryl methyl sites for hydroxylation is 3. The Kier molecular flexibility index (Phi) is 6.57. The number of nitrogens with one attached hydrogen (secondary N) is 1. The summed E-state index contributed by atoms with van der Waals surface area (Å²) in [6.07, 6.45) is 1.51. The van der Waals surface area contributed by atoms with Gasteiger partial charge in [0, 0.05) is 24.7 Å². The first-order valence-corrected chi connectivity index (χ1v) is 10.2. The molecule has 1 heterocycles. The van der Waals surface area contributed by atoms with Crippen molar-refractivity contribution in [3.8, 4) is 5.75 Å². The lowest BCUT2D eigenvalue weighted by Crippen LogP contribution is -2.47. The van der Waals surface area contributed by atoms with Crippen molar-refractivity contribution in [3.05, 3.63) is 64.2 Å². The summed E-state index contributed by atoms with van der Waals surface area (Å²) in [5, 5.41) is 3.10. The summed E-state index contributed by atoms with van der Waals surface area (Å²) in [5.74, 6) is 0.704. The first kappa shape index (κ1) is 20.9. The summed E-state index contributed by atoms with van der Waals surface area (Å²) in [7, 11) is 0. The molecule has 3 rings (SSSR count). The lowest BCUT2D eigenvalue weighted by Gasteiger charge is -2.32. The number of carbonyl (C=O) groups excluding carboxylic acids is 2. The van der Waals surface area contributed by atoms with E-state index < -0.39 is 0 Å². The lowest BCUT2D eigenvalue weighted by atomic mass is 10.0. The maximum absolute atomic E-state index is 12.5. The van der Waals surface area contributed by atoms with Crippen molar-refractivity contribution >= 4 is 11.8 Å². The summed E-state index contributed by atoms with van der Waals surface area (Å²) >= 11 is 0. The fraction of sp³-hybridized carbons (Fsp3) is 0.417. The normalized spacial score (nSPS) is 14.6. The van der Waals surface area contributed by atoms with E-state index in [0.717, 1.165) is 35.3 Å². The van der Waals surface area contributed by atoms with Crippen molar-refractivity contribution in [3.63, 3.8) is 0 Å². The first-order valence-electron chi connectivity index (χ1n) is 10.2. The van der Waals surface area contributed by atoms with E-state index in [0.29, 0.717) is 18.7 Å². The predicted octanol–water partition coefficient (Wildman–Crippen LogP) is 3.72. The van der Waals surface area contributed by atoms with Crippen molar-refractivity contribution in [2.24, 2.45) is 0 Å². The molecule has 1 N–H and O–H groups in total. The van der Waals surface area contributed by atoms with Gasteiger partial charge in [-0.1, -0.05) is 18.2 Å². The Morgan fingerprint density at radius 3 is 2.41 bits per heavy atom. The third kappa shape index (κ3) is 5.17. The minimum Gasteiger partial charge on any atom is -0.483 e.